The van der Waals surface area contributed by atoms with E-state index in [4.69, 9.17) is 0 Å². The van der Waals surface area contributed by atoms with Gasteiger partial charge in [-0.25, -0.2) is 8.78 Å². The van der Waals surface area contributed by atoms with Gasteiger partial charge in [0.25, 0.3) is 0 Å². The van der Waals surface area contributed by atoms with Crippen LogP contribution in [0.3, 0.4) is 0 Å². The molecule has 1 unspecified atom stereocenters. The summed E-state index contributed by atoms with van der Waals surface area (Å²) in [5, 5.41) is 3.18. The van der Waals surface area contributed by atoms with Crippen molar-refractivity contribution in [1.82, 2.24) is 10.3 Å². The van der Waals surface area contributed by atoms with Gasteiger partial charge in [0.05, 0.1) is 12.2 Å². The molecule has 0 spiro atoms. The average molecular weight is 262 g/mol. The second kappa shape index (κ2) is 6.38. The van der Waals surface area contributed by atoms with Crippen LogP contribution in [0, 0.1) is 11.6 Å². The highest BCUT2D eigenvalue weighted by Crippen LogP contribution is 2.25. The van der Waals surface area contributed by atoms with Gasteiger partial charge in [0.1, 0.15) is 11.6 Å². The zero-order valence-corrected chi connectivity index (χ0v) is 10.7. The number of hydrogen-bond donors (Lipinski definition) is 1. The zero-order chi connectivity index (χ0) is 13.7. The first-order valence-electron chi connectivity index (χ1n) is 6.31. The minimum Gasteiger partial charge on any atom is -0.306 e. The molecule has 1 heterocycles. The summed E-state index contributed by atoms with van der Waals surface area (Å²) in [7, 11) is 0. The van der Waals surface area contributed by atoms with Crippen LogP contribution < -0.4 is 5.32 Å². The number of rotatable bonds is 5. The maximum atomic E-state index is 13.9. The molecule has 2 rings (SSSR count). The Morgan fingerprint density at radius 3 is 2.53 bits per heavy atom. The molecular weight excluding hydrogens is 246 g/mol. The quantitative estimate of drug-likeness (QED) is 0.892. The number of aromatic nitrogens is 1. The van der Waals surface area contributed by atoms with Gasteiger partial charge in [-0.15, -0.1) is 0 Å². The molecule has 0 aliphatic heterocycles. The van der Waals surface area contributed by atoms with E-state index in [1.54, 1.807) is 24.3 Å². The van der Waals surface area contributed by atoms with Gasteiger partial charge in [-0.1, -0.05) is 25.1 Å². The monoisotopic (exact) mass is 262 g/mol. The molecule has 0 saturated heterocycles. The van der Waals surface area contributed by atoms with Crippen molar-refractivity contribution in [3.63, 3.8) is 0 Å². The highest BCUT2D eigenvalue weighted by atomic mass is 19.1. The van der Waals surface area contributed by atoms with E-state index in [0.29, 0.717) is 17.7 Å². The van der Waals surface area contributed by atoms with Crippen molar-refractivity contribution in [2.45, 2.75) is 19.4 Å². The fourth-order valence-corrected chi connectivity index (χ4v) is 2.01. The summed E-state index contributed by atoms with van der Waals surface area (Å²) in [6.07, 6.45) is 3.55. The Labute approximate surface area is 111 Å². The topological polar surface area (TPSA) is 24.9 Å². The maximum Gasteiger partial charge on any atom is 0.146 e. The van der Waals surface area contributed by atoms with Crippen LogP contribution in [0.5, 0.6) is 0 Å². The number of hydrogen-bond acceptors (Lipinski definition) is 2. The van der Waals surface area contributed by atoms with Gasteiger partial charge in [-0.2, -0.15) is 0 Å². The smallest absolute Gasteiger partial charge is 0.146 e. The highest BCUT2D eigenvalue weighted by molar-refractivity contribution is 5.32. The molecular formula is C15H16F2N2. The van der Waals surface area contributed by atoms with Gasteiger partial charge >= 0.3 is 0 Å². The van der Waals surface area contributed by atoms with Crippen molar-refractivity contribution < 1.29 is 8.78 Å². The van der Waals surface area contributed by atoms with Crippen LogP contribution in [0.15, 0.2) is 42.7 Å². The summed E-state index contributed by atoms with van der Waals surface area (Å²) >= 11 is 0. The van der Waals surface area contributed by atoms with Crippen LogP contribution in [0.1, 0.15) is 30.5 Å². The molecule has 100 valence electrons. The van der Waals surface area contributed by atoms with Crippen LogP contribution in [-0.2, 0) is 0 Å². The predicted octanol–water partition coefficient (Wildman–Crippen LogP) is 3.45. The lowest BCUT2D eigenvalue weighted by Gasteiger charge is -2.20. The minimum atomic E-state index is -0.496. The Balaban J connectivity index is 2.42. The number of nitrogens with one attached hydrogen (secondary N) is 1. The molecule has 1 aromatic carbocycles. The highest BCUT2D eigenvalue weighted by Gasteiger charge is 2.19. The molecule has 0 fully saturated rings. The second-order valence-electron chi connectivity index (χ2n) is 4.31. The number of halogens is 2. The van der Waals surface area contributed by atoms with E-state index >= 15 is 0 Å². The molecule has 4 heteroatoms. The minimum absolute atomic E-state index is 0.340. The summed E-state index contributed by atoms with van der Waals surface area (Å²) in [4.78, 5) is 3.73. The van der Waals surface area contributed by atoms with Gasteiger partial charge in [0, 0.05) is 17.3 Å². The van der Waals surface area contributed by atoms with Crippen LogP contribution in [0.4, 0.5) is 8.78 Å². The van der Waals surface area contributed by atoms with E-state index in [0.717, 1.165) is 12.6 Å². The Bertz CT molecular complexity index is 498. The van der Waals surface area contributed by atoms with Crippen LogP contribution in [0.25, 0.3) is 0 Å². The van der Waals surface area contributed by atoms with Crippen molar-refractivity contribution in [3.8, 4) is 0 Å². The normalized spacial score (nSPS) is 12.4. The summed E-state index contributed by atoms with van der Waals surface area (Å²) in [6.45, 7) is 2.69. The lowest BCUT2D eigenvalue weighted by atomic mass is 9.98. The van der Waals surface area contributed by atoms with Gasteiger partial charge in [-0.05, 0) is 25.1 Å². The average Bonchev–Trinajstić information content (AvgIpc) is 2.42. The van der Waals surface area contributed by atoms with Gasteiger partial charge in [0.2, 0.25) is 0 Å². The van der Waals surface area contributed by atoms with Crippen LogP contribution in [0.2, 0.25) is 0 Å². The molecule has 2 nitrogen and oxygen atoms in total. The van der Waals surface area contributed by atoms with Crippen molar-refractivity contribution in [2.75, 3.05) is 6.54 Å². The Kier molecular flexibility index (Phi) is 4.58. The molecule has 1 N–H and O–H groups in total. The third-order valence-electron chi connectivity index (χ3n) is 2.93. The summed E-state index contributed by atoms with van der Waals surface area (Å²) < 4.78 is 27.8. The van der Waals surface area contributed by atoms with E-state index in [9.17, 15) is 8.78 Å². The Hall–Kier alpha value is -1.81. The summed E-state index contributed by atoms with van der Waals surface area (Å²) in [5.41, 5.74) is 0.856. The second-order valence-corrected chi connectivity index (χ2v) is 4.31. The third kappa shape index (κ3) is 3.15. The molecule has 19 heavy (non-hydrogen) atoms. The number of nitrogens with zero attached hydrogens (tertiary/aromatic N) is 1. The first-order chi connectivity index (χ1) is 9.24. The summed E-state index contributed by atoms with van der Waals surface area (Å²) in [5.74, 6) is -0.772. The third-order valence-corrected chi connectivity index (χ3v) is 2.93. The van der Waals surface area contributed by atoms with Crippen LogP contribution >= 0.6 is 0 Å². The Morgan fingerprint density at radius 1 is 1.11 bits per heavy atom. The van der Waals surface area contributed by atoms with Crippen molar-refractivity contribution in [1.29, 1.82) is 0 Å². The molecule has 1 atom stereocenters. The van der Waals surface area contributed by atoms with Gasteiger partial charge in [-0.3, -0.25) is 4.98 Å². The van der Waals surface area contributed by atoms with E-state index in [1.807, 2.05) is 6.92 Å². The predicted molar refractivity (Wildman–Crippen MR) is 70.7 cm³/mol. The molecule has 1 aromatic heterocycles. The molecule has 0 bridgehead atoms. The van der Waals surface area contributed by atoms with Crippen LogP contribution in [-0.4, -0.2) is 11.5 Å². The van der Waals surface area contributed by atoms with E-state index in [1.165, 1.54) is 12.3 Å². The Morgan fingerprint density at radius 2 is 1.84 bits per heavy atom. The maximum absolute atomic E-state index is 13.9. The largest absolute Gasteiger partial charge is 0.306 e. The molecule has 0 radical (unpaired) electrons. The molecule has 0 saturated carbocycles. The van der Waals surface area contributed by atoms with E-state index in [2.05, 4.69) is 10.3 Å². The molecule has 0 amide bonds. The number of benzene rings is 1. The summed E-state index contributed by atoms with van der Waals surface area (Å²) in [6, 6.07) is 7.51. The van der Waals surface area contributed by atoms with E-state index in [-0.39, 0.29) is 5.82 Å². The first-order valence-corrected chi connectivity index (χ1v) is 6.31. The van der Waals surface area contributed by atoms with Gasteiger partial charge < -0.3 is 5.32 Å². The molecule has 0 aliphatic carbocycles. The molecule has 2 aromatic rings. The number of pyridine rings is 1. The van der Waals surface area contributed by atoms with E-state index < -0.39 is 11.9 Å². The SMILES string of the molecule is CCCNC(c1ccccc1F)c1ccncc1F. The van der Waals surface area contributed by atoms with Crippen molar-refractivity contribution in [3.05, 3.63) is 65.5 Å². The van der Waals surface area contributed by atoms with Crippen molar-refractivity contribution >= 4 is 0 Å². The lowest BCUT2D eigenvalue weighted by Crippen LogP contribution is -2.25. The first kappa shape index (κ1) is 13.6. The zero-order valence-electron chi connectivity index (χ0n) is 10.7. The fraction of sp³-hybridized carbons (Fsp3) is 0.267. The fourth-order valence-electron chi connectivity index (χ4n) is 2.01. The van der Waals surface area contributed by atoms with Crippen molar-refractivity contribution in [2.24, 2.45) is 0 Å². The standard InChI is InChI=1S/C15H16F2N2/c1-2-8-19-15(11-5-3-4-6-13(11)16)12-7-9-18-10-14(12)17/h3-7,9-10,15,19H,2,8H2,1H3. The molecule has 0 aliphatic rings. The van der Waals surface area contributed by atoms with Gasteiger partial charge in [0.15, 0.2) is 0 Å². The lowest BCUT2D eigenvalue weighted by molar-refractivity contribution is 0.518.